The summed E-state index contributed by atoms with van der Waals surface area (Å²) in [5.74, 6) is -0.908. The molecule has 0 unspecified atom stereocenters. The number of carbonyl (C=O) groups is 2. The highest BCUT2D eigenvalue weighted by molar-refractivity contribution is 6.30. The van der Waals surface area contributed by atoms with Crippen LogP contribution in [0, 0.1) is 0 Å². The molecule has 1 heterocycles. The van der Waals surface area contributed by atoms with Crippen LogP contribution in [0.2, 0.25) is 5.02 Å². The first kappa shape index (κ1) is 25.3. The molecule has 1 amide bonds. The molecular weight excluding hydrogens is 474 g/mol. The topological polar surface area (TPSA) is 83.4 Å². The monoisotopic (exact) mass is 501 g/mol. The van der Waals surface area contributed by atoms with E-state index in [1.807, 2.05) is 67.6 Å². The molecule has 4 rings (SSSR count). The molecule has 4 aromatic rings. The van der Waals surface area contributed by atoms with Crippen molar-refractivity contribution in [1.29, 1.82) is 0 Å². The summed E-state index contributed by atoms with van der Waals surface area (Å²) < 4.78 is 0. The van der Waals surface area contributed by atoms with Crippen LogP contribution in [0.1, 0.15) is 53.8 Å². The molecule has 0 spiro atoms. The molecule has 0 aliphatic rings. The van der Waals surface area contributed by atoms with E-state index in [9.17, 15) is 9.59 Å². The number of aromatic nitrogens is 2. The average Bonchev–Trinajstić information content (AvgIpc) is 2.90. The van der Waals surface area contributed by atoms with Crippen molar-refractivity contribution in [2.24, 2.45) is 0 Å². The average molecular weight is 502 g/mol. The summed E-state index contributed by atoms with van der Waals surface area (Å²) >= 11 is 6.07. The molecule has 1 N–H and O–H groups in total. The van der Waals surface area contributed by atoms with Gasteiger partial charge in [0.1, 0.15) is 0 Å². The van der Waals surface area contributed by atoms with Crippen molar-refractivity contribution in [3.05, 3.63) is 94.6 Å². The number of carboxylic acids is 1. The highest BCUT2D eigenvalue weighted by atomic mass is 35.5. The first-order valence-corrected chi connectivity index (χ1v) is 12.3. The van der Waals surface area contributed by atoms with Gasteiger partial charge >= 0.3 is 5.97 Å². The molecule has 36 heavy (non-hydrogen) atoms. The van der Waals surface area contributed by atoms with E-state index in [0.717, 1.165) is 22.5 Å². The molecule has 0 radical (unpaired) electrons. The highest BCUT2D eigenvalue weighted by Crippen LogP contribution is 2.27. The van der Waals surface area contributed by atoms with Crippen molar-refractivity contribution in [2.45, 2.75) is 38.6 Å². The Bertz CT molecular complexity index is 1370. The second-order valence-corrected chi connectivity index (χ2v) is 9.27. The number of nitrogens with zero attached hydrogens (tertiary/aromatic N) is 3. The van der Waals surface area contributed by atoms with Crippen molar-refractivity contribution < 1.29 is 14.7 Å². The van der Waals surface area contributed by atoms with Crippen LogP contribution in [0.25, 0.3) is 22.3 Å². The van der Waals surface area contributed by atoms with Crippen LogP contribution in [0.5, 0.6) is 0 Å². The summed E-state index contributed by atoms with van der Waals surface area (Å²) in [6.07, 6.45) is 1.91. The zero-order valence-corrected chi connectivity index (χ0v) is 21.1. The second-order valence-electron chi connectivity index (χ2n) is 8.83. The van der Waals surface area contributed by atoms with Crippen molar-refractivity contribution in [3.63, 3.8) is 0 Å². The van der Waals surface area contributed by atoms with Crippen molar-refractivity contribution >= 4 is 34.5 Å². The van der Waals surface area contributed by atoms with Gasteiger partial charge in [-0.3, -0.25) is 9.59 Å². The highest BCUT2D eigenvalue weighted by Gasteiger charge is 2.20. The predicted molar refractivity (Wildman–Crippen MR) is 142 cm³/mol. The lowest BCUT2D eigenvalue weighted by Crippen LogP contribution is -2.29. The number of rotatable bonds is 9. The van der Waals surface area contributed by atoms with Gasteiger partial charge < -0.3 is 10.0 Å². The number of unbranched alkanes of at least 4 members (excludes halogenated alkanes) is 1. The molecule has 1 aromatic heterocycles. The number of aryl methyl sites for hydroxylation is 1. The number of fused-ring (bicyclic) bond motifs is 1. The Morgan fingerprint density at radius 3 is 2.36 bits per heavy atom. The normalized spacial score (nSPS) is 11.9. The van der Waals surface area contributed by atoms with Crippen LogP contribution >= 0.6 is 11.6 Å². The first-order chi connectivity index (χ1) is 17.3. The van der Waals surface area contributed by atoms with Crippen LogP contribution in [0.15, 0.2) is 72.8 Å². The molecule has 0 saturated carbocycles. The second kappa shape index (κ2) is 11.3. The van der Waals surface area contributed by atoms with E-state index >= 15 is 0 Å². The molecule has 0 aliphatic carbocycles. The molecule has 3 aromatic carbocycles. The van der Waals surface area contributed by atoms with Gasteiger partial charge in [0.05, 0.1) is 28.5 Å². The minimum Gasteiger partial charge on any atom is -0.481 e. The van der Waals surface area contributed by atoms with Crippen LogP contribution in [0.4, 0.5) is 0 Å². The number of halogens is 1. The Morgan fingerprint density at radius 1 is 0.944 bits per heavy atom. The van der Waals surface area contributed by atoms with Gasteiger partial charge in [-0.1, -0.05) is 54.1 Å². The maximum Gasteiger partial charge on any atom is 0.303 e. The van der Waals surface area contributed by atoms with E-state index < -0.39 is 5.97 Å². The third kappa shape index (κ3) is 5.89. The molecule has 0 fully saturated rings. The summed E-state index contributed by atoms with van der Waals surface area (Å²) in [6, 6.07) is 22.6. The first-order valence-electron chi connectivity index (χ1n) is 11.9. The summed E-state index contributed by atoms with van der Waals surface area (Å²) in [5.41, 5.74) is 5.31. The van der Waals surface area contributed by atoms with Gasteiger partial charge in [0.15, 0.2) is 0 Å². The van der Waals surface area contributed by atoms with Crippen molar-refractivity contribution in [2.75, 3.05) is 7.05 Å². The molecule has 1 atom stereocenters. The van der Waals surface area contributed by atoms with Gasteiger partial charge in [0.2, 0.25) is 0 Å². The van der Waals surface area contributed by atoms with E-state index in [4.69, 9.17) is 26.7 Å². The van der Waals surface area contributed by atoms with Crippen LogP contribution < -0.4 is 0 Å². The van der Waals surface area contributed by atoms with E-state index in [1.165, 1.54) is 0 Å². The number of hydrogen-bond acceptors (Lipinski definition) is 4. The molecule has 0 bridgehead atoms. The van der Waals surface area contributed by atoms with Crippen molar-refractivity contribution in [3.8, 4) is 11.3 Å². The Balaban J connectivity index is 1.66. The third-order valence-electron chi connectivity index (χ3n) is 6.34. The van der Waals surface area contributed by atoms with Gasteiger partial charge in [-0.2, -0.15) is 0 Å². The number of carboxylic acid groups (broad SMARTS) is 1. The zero-order chi connectivity index (χ0) is 25.7. The lowest BCUT2D eigenvalue weighted by atomic mass is 10.0. The fourth-order valence-electron chi connectivity index (χ4n) is 4.14. The number of benzene rings is 3. The standard InChI is InChI=1S/C29H28ClN3O3/c1-19(20-8-4-3-5-9-20)33(2)29(36)22-14-17-24-26(18-22)31-25(10-6-7-11-27(34)35)28(32-24)21-12-15-23(30)16-13-21/h3-5,8-9,12-19H,6-7,10-11H2,1-2H3,(H,34,35)/t19-/m0/s1. The molecular formula is C29H28ClN3O3. The zero-order valence-electron chi connectivity index (χ0n) is 20.3. The minimum absolute atomic E-state index is 0.0856. The van der Waals surface area contributed by atoms with Crippen LogP contribution in [-0.4, -0.2) is 38.9 Å². The lowest BCUT2D eigenvalue weighted by Gasteiger charge is -2.25. The number of hydrogen-bond donors (Lipinski definition) is 1. The number of amides is 1. The number of aliphatic carboxylic acids is 1. The fraction of sp³-hybridized carbons (Fsp3) is 0.241. The Kier molecular flexibility index (Phi) is 7.96. The SMILES string of the molecule is C[C@@H](c1ccccc1)N(C)C(=O)c1ccc2nc(-c3ccc(Cl)cc3)c(CCCCC(=O)O)nc2c1. The molecule has 184 valence electrons. The summed E-state index contributed by atoms with van der Waals surface area (Å²) in [5, 5.41) is 9.61. The van der Waals surface area contributed by atoms with E-state index in [0.29, 0.717) is 40.9 Å². The van der Waals surface area contributed by atoms with Gasteiger partial charge in [0.25, 0.3) is 5.91 Å². The van der Waals surface area contributed by atoms with Gasteiger partial charge in [-0.05, 0) is 62.1 Å². The largest absolute Gasteiger partial charge is 0.481 e. The van der Waals surface area contributed by atoms with Gasteiger partial charge in [-0.15, -0.1) is 0 Å². The lowest BCUT2D eigenvalue weighted by molar-refractivity contribution is -0.137. The third-order valence-corrected chi connectivity index (χ3v) is 6.59. The van der Waals surface area contributed by atoms with E-state index in [2.05, 4.69) is 0 Å². The summed E-state index contributed by atoms with van der Waals surface area (Å²) in [6.45, 7) is 2.00. The predicted octanol–water partition coefficient (Wildman–Crippen LogP) is 6.58. The molecule has 0 aliphatic heterocycles. The summed E-state index contributed by atoms with van der Waals surface area (Å²) in [7, 11) is 1.80. The molecule has 0 saturated heterocycles. The van der Waals surface area contributed by atoms with Crippen LogP contribution in [0.3, 0.4) is 0 Å². The Hall–Kier alpha value is -3.77. The smallest absolute Gasteiger partial charge is 0.303 e. The molecule has 7 heteroatoms. The Labute approximate surface area is 215 Å². The van der Waals surface area contributed by atoms with E-state index in [1.54, 1.807) is 24.1 Å². The molecule has 6 nitrogen and oxygen atoms in total. The Morgan fingerprint density at radius 2 is 1.67 bits per heavy atom. The van der Waals surface area contributed by atoms with Crippen molar-refractivity contribution in [1.82, 2.24) is 14.9 Å². The van der Waals surface area contributed by atoms with E-state index in [-0.39, 0.29) is 18.4 Å². The number of carbonyl (C=O) groups excluding carboxylic acids is 1. The fourth-order valence-corrected chi connectivity index (χ4v) is 4.27. The minimum atomic E-state index is -0.811. The van der Waals surface area contributed by atoms with Gasteiger partial charge in [-0.25, -0.2) is 9.97 Å². The van der Waals surface area contributed by atoms with Crippen LogP contribution in [-0.2, 0) is 11.2 Å². The maximum atomic E-state index is 13.3. The maximum absolute atomic E-state index is 13.3. The quantitative estimate of drug-likeness (QED) is 0.262. The van der Waals surface area contributed by atoms with Gasteiger partial charge in [0, 0.05) is 29.6 Å². The summed E-state index contributed by atoms with van der Waals surface area (Å²) in [4.78, 5) is 35.7.